The predicted octanol–water partition coefficient (Wildman–Crippen LogP) is 11.9. The molecule has 0 aromatic heterocycles. The maximum absolute atomic E-state index is 4.88. The van der Waals surface area contributed by atoms with E-state index in [4.69, 9.17) is 4.99 Å². The lowest BCUT2D eigenvalue weighted by Gasteiger charge is -2.11. The molecule has 0 N–H and O–H groups in total. The van der Waals surface area contributed by atoms with Gasteiger partial charge in [0.25, 0.3) is 0 Å². The van der Waals surface area contributed by atoms with Crippen molar-refractivity contribution in [3.63, 3.8) is 0 Å². The van der Waals surface area contributed by atoms with Gasteiger partial charge in [0.2, 0.25) is 0 Å². The monoisotopic (exact) mass is 543 g/mol. The predicted molar refractivity (Wildman–Crippen MR) is 186 cm³/mol. The largest absolute Gasteiger partial charge is 0.258 e. The Morgan fingerprint density at radius 2 is 0.952 bits per heavy atom. The third kappa shape index (κ3) is 6.16. The molecule has 0 aliphatic rings. The molecule has 6 rings (SSSR count). The lowest BCUT2D eigenvalue weighted by molar-refractivity contribution is 1.46. The van der Waals surface area contributed by atoms with Gasteiger partial charge in [0.05, 0.1) is 5.70 Å². The van der Waals surface area contributed by atoms with E-state index in [-0.39, 0.29) is 0 Å². The van der Waals surface area contributed by atoms with E-state index in [0.29, 0.717) is 0 Å². The number of fused-ring (bicyclic) bond motifs is 2. The van der Waals surface area contributed by atoms with Gasteiger partial charge in [0, 0.05) is 11.3 Å². The highest BCUT2D eigenvalue weighted by Gasteiger charge is 2.08. The van der Waals surface area contributed by atoms with Crippen molar-refractivity contribution in [2.24, 2.45) is 4.99 Å². The summed E-state index contributed by atoms with van der Waals surface area (Å²) in [5.41, 5.74) is 9.86. The molecule has 0 heterocycles. The minimum atomic E-state index is 0.910. The Hall–Kier alpha value is -5.01. The molecule has 0 amide bonds. The molecule has 0 unspecified atom stereocenters. The molecule has 0 atom stereocenters. The van der Waals surface area contributed by atoms with Gasteiger partial charge >= 0.3 is 0 Å². The van der Waals surface area contributed by atoms with Crippen LogP contribution < -0.4 is 0 Å². The summed E-state index contributed by atoms with van der Waals surface area (Å²) in [5.74, 6) is 0. The molecule has 0 spiro atoms. The minimum Gasteiger partial charge on any atom is -0.258 e. The van der Waals surface area contributed by atoms with Crippen LogP contribution in [0.4, 0.5) is 0 Å². The normalized spacial score (nSPS) is 11.1. The molecule has 6 aromatic carbocycles. The second-order valence-corrected chi connectivity index (χ2v) is 10.3. The zero-order valence-corrected chi connectivity index (χ0v) is 24.9. The Morgan fingerprint density at radius 3 is 1.43 bits per heavy atom. The summed E-state index contributed by atoms with van der Waals surface area (Å²) >= 11 is 0. The van der Waals surface area contributed by atoms with Crippen molar-refractivity contribution in [2.45, 2.75) is 27.7 Å². The average molecular weight is 544 g/mol. The lowest BCUT2D eigenvalue weighted by Crippen LogP contribution is -1.90. The highest BCUT2D eigenvalue weighted by atomic mass is 14.7. The number of nitrogens with zero attached hydrogens (tertiary/aromatic N) is 1. The molecule has 0 saturated carbocycles. The van der Waals surface area contributed by atoms with Gasteiger partial charge in [0.1, 0.15) is 0 Å². The number of benzene rings is 6. The molecule has 0 fully saturated rings. The third-order valence-corrected chi connectivity index (χ3v) is 7.29. The quantitative estimate of drug-likeness (QED) is 0.146. The van der Waals surface area contributed by atoms with Crippen LogP contribution in [0.15, 0.2) is 151 Å². The summed E-state index contributed by atoms with van der Waals surface area (Å²) in [5, 5.41) is 5.02. The molecule has 42 heavy (non-hydrogen) atoms. The molecule has 0 aliphatic heterocycles. The van der Waals surface area contributed by atoms with Crippen molar-refractivity contribution in [3.8, 4) is 22.3 Å². The Morgan fingerprint density at radius 1 is 0.524 bits per heavy atom. The molecular formula is C41H37N. The Kier molecular flexibility index (Phi) is 8.90. The lowest BCUT2D eigenvalue weighted by atomic mass is 9.95. The molecule has 206 valence electrons. The Bertz CT molecular complexity index is 1890. The van der Waals surface area contributed by atoms with Crippen molar-refractivity contribution in [3.05, 3.63) is 157 Å². The van der Waals surface area contributed by atoms with E-state index in [0.717, 1.165) is 28.1 Å². The highest BCUT2D eigenvalue weighted by molar-refractivity contribution is 5.98. The number of hydrogen-bond acceptors (Lipinski definition) is 1. The second-order valence-electron chi connectivity index (χ2n) is 10.3. The molecule has 0 saturated heterocycles. The smallest absolute Gasteiger partial charge is 0.0707 e. The molecule has 1 heteroatoms. The van der Waals surface area contributed by atoms with Crippen LogP contribution in [0.2, 0.25) is 0 Å². The first-order valence-electron chi connectivity index (χ1n) is 14.7. The van der Waals surface area contributed by atoms with Crippen LogP contribution >= 0.6 is 0 Å². The highest BCUT2D eigenvalue weighted by Crippen LogP contribution is 2.32. The Labute approximate surface area is 250 Å². The number of allylic oxidation sites excluding steroid dienone is 2. The first kappa shape index (κ1) is 28.5. The van der Waals surface area contributed by atoms with E-state index < -0.39 is 0 Å². The summed E-state index contributed by atoms with van der Waals surface area (Å²) in [6.07, 6.45) is 2.09. The number of rotatable bonds is 6. The topological polar surface area (TPSA) is 12.4 Å². The summed E-state index contributed by atoms with van der Waals surface area (Å²) in [4.78, 5) is 4.88. The molecule has 0 bridgehead atoms. The van der Waals surface area contributed by atoms with E-state index in [2.05, 4.69) is 146 Å². The first-order valence-corrected chi connectivity index (χ1v) is 14.7. The summed E-state index contributed by atoms with van der Waals surface area (Å²) < 4.78 is 0. The fourth-order valence-electron chi connectivity index (χ4n) is 5.31. The van der Waals surface area contributed by atoms with Gasteiger partial charge in [-0.15, -0.1) is 0 Å². The molecule has 0 radical (unpaired) electrons. The van der Waals surface area contributed by atoms with Crippen LogP contribution in [0.1, 0.15) is 38.8 Å². The molecule has 6 aromatic rings. The third-order valence-electron chi connectivity index (χ3n) is 7.29. The van der Waals surface area contributed by atoms with E-state index >= 15 is 0 Å². The standard InChI is InChI=1S/C39H31N.C2H6/c1-27(2)40-39(34-24-22-33(23-25-34)38-17-9-13-31-11-5-7-15-36(31)38)26-28(3)29-18-20-32(21-19-29)37-16-8-12-30-10-4-6-14-35(30)37;1-2/h4-26H,3H2,1-2H3;1-2H3/b39-26-;. The van der Waals surface area contributed by atoms with Crippen molar-refractivity contribution >= 4 is 38.5 Å². The van der Waals surface area contributed by atoms with Gasteiger partial charge < -0.3 is 0 Å². The van der Waals surface area contributed by atoms with Crippen LogP contribution in [0.3, 0.4) is 0 Å². The zero-order valence-electron chi connectivity index (χ0n) is 24.9. The van der Waals surface area contributed by atoms with Crippen LogP contribution in [-0.2, 0) is 0 Å². The number of hydrogen-bond donors (Lipinski definition) is 0. The van der Waals surface area contributed by atoms with Crippen molar-refractivity contribution in [2.75, 3.05) is 0 Å². The van der Waals surface area contributed by atoms with Crippen LogP contribution in [0, 0.1) is 0 Å². The summed E-state index contributed by atoms with van der Waals surface area (Å²) in [6, 6.07) is 47.3. The molecule has 1 nitrogen and oxygen atoms in total. The van der Waals surface area contributed by atoms with Gasteiger partial charge in [-0.3, -0.25) is 4.99 Å². The van der Waals surface area contributed by atoms with Crippen molar-refractivity contribution in [1.82, 2.24) is 0 Å². The minimum absolute atomic E-state index is 0.910. The fourth-order valence-corrected chi connectivity index (χ4v) is 5.31. The van der Waals surface area contributed by atoms with E-state index in [1.807, 2.05) is 27.7 Å². The van der Waals surface area contributed by atoms with Crippen molar-refractivity contribution < 1.29 is 0 Å². The average Bonchev–Trinajstić information content (AvgIpc) is 3.05. The maximum atomic E-state index is 4.88. The van der Waals surface area contributed by atoms with Gasteiger partial charge in [-0.1, -0.05) is 154 Å². The van der Waals surface area contributed by atoms with Crippen LogP contribution in [-0.4, -0.2) is 5.71 Å². The second kappa shape index (κ2) is 13.1. The number of aliphatic imine (C=N–C) groups is 1. The van der Waals surface area contributed by atoms with Gasteiger partial charge in [-0.05, 0) is 74.9 Å². The molecule has 0 aliphatic carbocycles. The van der Waals surface area contributed by atoms with Gasteiger partial charge in [0.15, 0.2) is 0 Å². The summed E-state index contributed by atoms with van der Waals surface area (Å²) in [7, 11) is 0. The van der Waals surface area contributed by atoms with E-state index in [9.17, 15) is 0 Å². The molecular weight excluding hydrogens is 506 g/mol. The SMILES string of the molecule is C=C(/C=C(\N=C(C)C)c1ccc(-c2cccc3ccccc23)cc1)c1ccc(-c2cccc3ccccc23)cc1.CC. The Balaban J connectivity index is 0.00000173. The van der Waals surface area contributed by atoms with Crippen LogP contribution in [0.5, 0.6) is 0 Å². The van der Waals surface area contributed by atoms with E-state index in [1.165, 1.54) is 43.8 Å². The van der Waals surface area contributed by atoms with Gasteiger partial charge in [-0.2, -0.15) is 0 Å². The van der Waals surface area contributed by atoms with Crippen LogP contribution in [0.25, 0.3) is 55.1 Å². The van der Waals surface area contributed by atoms with E-state index in [1.54, 1.807) is 0 Å². The first-order chi connectivity index (χ1) is 20.6. The fraction of sp³-hybridized carbons (Fsp3) is 0.0976. The van der Waals surface area contributed by atoms with Crippen molar-refractivity contribution in [1.29, 1.82) is 0 Å². The maximum Gasteiger partial charge on any atom is 0.0707 e. The van der Waals surface area contributed by atoms with Gasteiger partial charge in [-0.25, -0.2) is 0 Å². The zero-order chi connectivity index (χ0) is 29.5. The summed E-state index contributed by atoms with van der Waals surface area (Å²) in [6.45, 7) is 12.5.